The number of anilines is 1. The molecule has 2 aromatic carbocycles. The summed E-state index contributed by atoms with van der Waals surface area (Å²) < 4.78 is 1.16. The van der Waals surface area contributed by atoms with Gasteiger partial charge in [0.05, 0.1) is 31.7 Å². The van der Waals surface area contributed by atoms with Gasteiger partial charge in [0.1, 0.15) is 5.69 Å². The fourth-order valence-electron chi connectivity index (χ4n) is 3.18. The van der Waals surface area contributed by atoms with Gasteiger partial charge in [-0.2, -0.15) is 0 Å². The third kappa shape index (κ3) is 2.82. The first-order valence-corrected chi connectivity index (χ1v) is 9.53. The van der Waals surface area contributed by atoms with E-state index in [0.717, 1.165) is 48.4 Å². The molecule has 27 heavy (non-hydrogen) atoms. The van der Waals surface area contributed by atoms with Crippen LogP contribution < -0.4 is 10.7 Å². The van der Waals surface area contributed by atoms with Crippen LogP contribution in [0.25, 0.3) is 31.7 Å². The van der Waals surface area contributed by atoms with Crippen LogP contribution in [0.3, 0.4) is 0 Å². The summed E-state index contributed by atoms with van der Waals surface area (Å²) in [6.45, 7) is 0. The molecular weight excluding hydrogens is 352 g/mol. The molecule has 1 aliphatic carbocycles. The first kappa shape index (κ1) is 15.9. The molecule has 130 valence electrons. The predicted molar refractivity (Wildman–Crippen MR) is 113 cm³/mol. The van der Waals surface area contributed by atoms with Crippen molar-refractivity contribution >= 4 is 43.8 Å². The molecule has 0 unspecified atom stereocenters. The number of para-hydroxylation sites is 1. The Bertz CT molecular complexity index is 1310. The second-order valence-corrected chi connectivity index (χ2v) is 7.32. The topological polar surface area (TPSA) is 50.2 Å². The van der Waals surface area contributed by atoms with Crippen molar-refractivity contribution < 1.29 is 0 Å². The number of aromatic nitrogens is 2. The number of pyridine rings is 1. The van der Waals surface area contributed by atoms with Gasteiger partial charge in [-0.15, -0.1) is 11.3 Å². The van der Waals surface area contributed by atoms with E-state index in [0.29, 0.717) is 0 Å². The Hall–Kier alpha value is -3.31. The average Bonchev–Trinajstić information content (AvgIpc) is 2.73. The molecule has 4 nitrogen and oxygen atoms in total. The van der Waals surface area contributed by atoms with Crippen molar-refractivity contribution in [2.75, 3.05) is 12.4 Å². The summed E-state index contributed by atoms with van der Waals surface area (Å²) in [6.07, 6.45) is 1.81. The van der Waals surface area contributed by atoms with Gasteiger partial charge in [-0.1, -0.05) is 12.1 Å². The second kappa shape index (κ2) is 6.45. The van der Waals surface area contributed by atoms with Gasteiger partial charge in [-0.05, 0) is 54.6 Å². The molecule has 0 amide bonds. The number of hydrogen-bond acceptors (Lipinski definition) is 5. The maximum Gasteiger partial charge on any atom is 0.107 e. The Morgan fingerprint density at radius 3 is 2.67 bits per heavy atom. The molecule has 5 heteroatoms. The number of hydrogen-bond donors (Lipinski definition) is 1. The van der Waals surface area contributed by atoms with Gasteiger partial charge in [-0.3, -0.25) is 4.98 Å². The number of rotatable bonds is 2. The highest BCUT2D eigenvalue weighted by atomic mass is 32.1. The Labute approximate surface area is 160 Å². The van der Waals surface area contributed by atoms with Crippen molar-refractivity contribution in [3.8, 4) is 10.6 Å². The smallest absolute Gasteiger partial charge is 0.107 e. The van der Waals surface area contributed by atoms with Crippen molar-refractivity contribution in [3.63, 3.8) is 0 Å². The first-order valence-electron chi connectivity index (χ1n) is 8.72. The molecule has 2 heterocycles. The second-order valence-electron chi connectivity index (χ2n) is 6.23. The molecular formula is C22H16N4S. The zero-order valence-electron chi connectivity index (χ0n) is 14.7. The molecule has 1 aliphatic heterocycles. The zero-order chi connectivity index (χ0) is 18.2. The number of benzene rings is 3. The highest BCUT2D eigenvalue weighted by Gasteiger charge is 2.14. The quantitative estimate of drug-likeness (QED) is 0.343. The fourth-order valence-corrected chi connectivity index (χ4v) is 4.19. The number of nitrogens with one attached hydrogen (secondary N) is 1. The molecule has 0 spiro atoms. The zero-order valence-corrected chi connectivity index (χ0v) is 15.5. The van der Waals surface area contributed by atoms with Crippen molar-refractivity contribution in [2.45, 2.75) is 0 Å². The van der Waals surface area contributed by atoms with E-state index in [1.54, 1.807) is 11.3 Å². The summed E-state index contributed by atoms with van der Waals surface area (Å²) in [5.74, 6) is 0. The molecule has 1 N–H and O–H groups in total. The highest BCUT2D eigenvalue weighted by Crippen LogP contribution is 2.33. The summed E-state index contributed by atoms with van der Waals surface area (Å²) in [6, 6.07) is 22.4. The van der Waals surface area contributed by atoms with Crippen LogP contribution in [0, 0.1) is 0 Å². The van der Waals surface area contributed by atoms with Crippen molar-refractivity contribution in [3.05, 3.63) is 78.3 Å². The summed E-state index contributed by atoms with van der Waals surface area (Å²) in [7, 11) is 1.91. The maximum absolute atomic E-state index is 4.89. The van der Waals surface area contributed by atoms with E-state index >= 15 is 0 Å². The summed E-state index contributed by atoms with van der Waals surface area (Å²) in [4.78, 5) is 15.5. The molecule has 1 aromatic heterocycles. The minimum atomic E-state index is 0.891. The van der Waals surface area contributed by atoms with Crippen LogP contribution in [0.4, 0.5) is 11.4 Å². The molecule has 3 aromatic rings. The Morgan fingerprint density at radius 2 is 1.81 bits per heavy atom. The van der Waals surface area contributed by atoms with Crippen LogP contribution in [0.2, 0.25) is 0 Å². The standard InChI is InChI=1S/C22H16N4S/c1-23-14-8-10-15(11-9-14)25-18-13-20-22(21-16(18)5-4-12-24-21)26-17-6-2-3-7-19(17)27-20/h2-13,23H,1H3. The molecule has 0 atom stereocenters. The van der Waals surface area contributed by atoms with E-state index in [1.807, 2.05) is 61.8 Å². The van der Waals surface area contributed by atoms with Crippen LogP contribution in [-0.4, -0.2) is 17.0 Å². The van der Waals surface area contributed by atoms with Gasteiger partial charge in [-0.25, -0.2) is 9.98 Å². The van der Waals surface area contributed by atoms with Gasteiger partial charge in [0.2, 0.25) is 0 Å². The van der Waals surface area contributed by atoms with Crippen LogP contribution in [0.15, 0.2) is 77.9 Å². The molecule has 0 fully saturated rings. The lowest BCUT2D eigenvalue weighted by atomic mass is 10.1. The lowest BCUT2D eigenvalue weighted by Gasteiger charge is -2.09. The van der Waals surface area contributed by atoms with Crippen LogP contribution >= 0.6 is 11.3 Å². The van der Waals surface area contributed by atoms with Crippen molar-refractivity contribution in [2.24, 2.45) is 4.99 Å². The lowest BCUT2D eigenvalue weighted by molar-refractivity contribution is 1.32. The third-order valence-corrected chi connectivity index (χ3v) is 5.63. The largest absolute Gasteiger partial charge is 0.388 e. The SMILES string of the molecule is CNc1ccc(N=c2cc3sc4ccccc4nc-3c3ncccc23)cc1. The van der Waals surface area contributed by atoms with E-state index in [-0.39, 0.29) is 0 Å². The normalized spacial score (nSPS) is 12.1. The highest BCUT2D eigenvalue weighted by molar-refractivity contribution is 7.21. The monoisotopic (exact) mass is 368 g/mol. The fraction of sp³-hybridized carbons (Fsp3) is 0.0455. The van der Waals surface area contributed by atoms with Crippen LogP contribution in [0.1, 0.15) is 0 Å². The molecule has 5 rings (SSSR count). The van der Waals surface area contributed by atoms with E-state index < -0.39 is 0 Å². The minimum absolute atomic E-state index is 0.891. The Kier molecular flexibility index (Phi) is 3.80. The van der Waals surface area contributed by atoms with E-state index in [9.17, 15) is 0 Å². The maximum atomic E-state index is 4.89. The molecule has 0 bridgehead atoms. The minimum Gasteiger partial charge on any atom is -0.388 e. The molecule has 0 saturated carbocycles. The summed E-state index contributed by atoms with van der Waals surface area (Å²) in [5, 5.41) is 5.06. The van der Waals surface area contributed by atoms with Gasteiger partial charge < -0.3 is 5.32 Å². The third-order valence-electron chi connectivity index (χ3n) is 4.53. The number of nitrogens with zero attached hydrogens (tertiary/aromatic N) is 3. The number of fused-ring (bicyclic) bond motifs is 4. The molecule has 0 radical (unpaired) electrons. The van der Waals surface area contributed by atoms with Crippen molar-refractivity contribution in [1.82, 2.24) is 9.97 Å². The van der Waals surface area contributed by atoms with E-state index in [1.165, 1.54) is 0 Å². The van der Waals surface area contributed by atoms with Crippen LogP contribution in [-0.2, 0) is 0 Å². The Balaban J connectivity index is 1.84. The van der Waals surface area contributed by atoms with Crippen LogP contribution in [0.5, 0.6) is 0 Å². The predicted octanol–water partition coefficient (Wildman–Crippen LogP) is 5.22. The first-order chi connectivity index (χ1) is 13.3. The molecule has 2 aliphatic rings. The van der Waals surface area contributed by atoms with Gasteiger partial charge in [0.25, 0.3) is 0 Å². The molecule has 0 saturated heterocycles. The van der Waals surface area contributed by atoms with Gasteiger partial charge in [0, 0.05) is 24.3 Å². The Morgan fingerprint density at radius 1 is 0.963 bits per heavy atom. The summed E-state index contributed by atoms with van der Waals surface area (Å²) in [5.41, 5.74) is 4.80. The van der Waals surface area contributed by atoms with E-state index in [2.05, 4.69) is 28.5 Å². The van der Waals surface area contributed by atoms with Gasteiger partial charge >= 0.3 is 0 Å². The average molecular weight is 368 g/mol. The van der Waals surface area contributed by atoms with Gasteiger partial charge in [0.15, 0.2) is 0 Å². The van der Waals surface area contributed by atoms with Crippen molar-refractivity contribution in [1.29, 1.82) is 0 Å². The summed E-state index contributed by atoms with van der Waals surface area (Å²) >= 11 is 1.72. The van der Waals surface area contributed by atoms with E-state index in [4.69, 9.17) is 9.98 Å². The lowest BCUT2D eigenvalue weighted by Crippen LogP contribution is -2.06.